The molecule has 0 saturated carbocycles. The number of amides is 1. The molecule has 0 bridgehead atoms. The zero-order valence-corrected chi connectivity index (χ0v) is 29.5. The van der Waals surface area contributed by atoms with Crippen LogP contribution in [0.15, 0.2) is 47.5 Å². The predicted octanol–water partition coefficient (Wildman–Crippen LogP) is 7.91. The molecule has 1 amide bonds. The Morgan fingerprint density at radius 2 is 1.33 bits per heavy atom. The monoisotopic (exact) mass is 656 g/mol. The summed E-state index contributed by atoms with van der Waals surface area (Å²) in [5.41, 5.74) is 1.67. The molecule has 1 aliphatic rings. The van der Waals surface area contributed by atoms with Gasteiger partial charge in [0.2, 0.25) is 0 Å². The predicted molar refractivity (Wildman–Crippen MR) is 189 cm³/mol. The molecule has 1 N–H and O–H groups in total. The quantitative estimate of drug-likeness (QED) is 0.0907. The molecule has 46 heavy (non-hydrogen) atoms. The van der Waals surface area contributed by atoms with Gasteiger partial charge >= 0.3 is 0 Å². The maximum absolute atomic E-state index is 12.5. The van der Waals surface area contributed by atoms with Crippen molar-refractivity contribution in [3.63, 3.8) is 0 Å². The van der Waals surface area contributed by atoms with Gasteiger partial charge in [0, 0.05) is 38.9 Å². The molecule has 0 aliphatic carbocycles. The number of unbranched alkanes of at least 4 members (excludes halogenated alkanes) is 14. The van der Waals surface area contributed by atoms with E-state index in [0.717, 1.165) is 76.2 Å². The lowest BCUT2D eigenvalue weighted by Gasteiger charge is -2.35. The summed E-state index contributed by atoms with van der Waals surface area (Å²) in [5.74, 6) is 0.943. The van der Waals surface area contributed by atoms with Gasteiger partial charge in [-0.05, 0) is 57.0 Å². The van der Waals surface area contributed by atoms with Crippen molar-refractivity contribution in [2.75, 3.05) is 50.8 Å². The molecular weight excluding hydrogens is 596 g/mol. The van der Waals surface area contributed by atoms with Crippen LogP contribution < -0.4 is 10.2 Å². The van der Waals surface area contributed by atoms with Crippen molar-refractivity contribution in [3.05, 3.63) is 53.7 Å². The smallest absolute Gasteiger partial charge is 0.296 e. The fraction of sp³-hybridized carbons (Fsp3) is 0.676. The van der Waals surface area contributed by atoms with Crippen molar-refractivity contribution in [2.45, 2.75) is 121 Å². The fourth-order valence-corrected chi connectivity index (χ4v) is 6.83. The summed E-state index contributed by atoms with van der Waals surface area (Å²) in [5, 5.41) is 3.06. The summed E-state index contributed by atoms with van der Waals surface area (Å²) in [6.07, 6.45) is 20.8. The first-order chi connectivity index (χ1) is 22.4. The number of aromatic nitrogens is 1. The molecule has 1 aromatic heterocycles. The Bertz CT molecular complexity index is 1200. The molecule has 258 valence electrons. The number of piperazine rings is 1. The third kappa shape index (κ3) is 14.9. The Hall–Kier alpha value is -2.49. The van der Waals surface area contributed by atoms with E-state index in [0.29, 0.717) is 5.56 Å². The van der Waals surface area contributed by atoms with E-state index < -0.39 is 10.1 Å². The fourth-order valence-electron chi connectivity index (χ4n) is 5.88. The minimum atomic E-state index is -3.64. The second-order valence-electron chi connectivity index (χ2n) is 12.9. The Morgan fingerprint density at radius 3 is 1.87 bits per heavy atom. The lowest BCUT2D eigenvalue weighted by atomic mass is 10.0. The summed E-state index contributed by atoms with van der Waals surface area (Å²) in [7, 11) is -3.64. The van der Waals surface area contributed by atoms with Crippen molar-refractivity contribution >= 4 is 21.8 Å². The Morgan fingerprint density at radius 1 is 0.761 bits per heavy atom. The van der Waals surface area contributed by atoms with E-state index in [9.17, 15) is 13.2 Å². The minimum Gasteiger partial charge on any atom is -0.354 e. The molecule has 1 saturated heterocycles. The van der Waals surface area contributed by atoms with Crippen LogP contribution in [0.4, 0.5) is 5.82 Å². The van der Waals surface area contributed by atoms with Crippen LogP contribution in [-0.2, 0) is 14.3 Å². The number of aryl methyl sites for hydroxylation is 1. The summed E-state index contributed by atoms with van der Waals surface area (Å²) < 4.78 is 29.6. The zero-order valence-electron chi connectivity index (χ0n) is 28.7. The van der Waals surface area contributed by atoms with Crippen LogP contribution in [-0.4, -0.2) is 70.1 Å². The van der Waals surface area contributed by atoms with Gasteiger partial charge in [0.05, 0.1) is 17.1 Å². The Balaban J connectivity index is 1.07. The molecule has 1 aromatic carbocycles. The minimum absolute atomic E-state index is 0.0261. The van der Waals surface area contributed by atoms with Gasteiger partial charge < -0.3 is 10.2 Å². The van der Waals surface area contributed by atoms with E-state index in [4.69, 9.17) is 4.18 Å². The van der Waals surface area contributed by atoms with E-state index in [-0.39, 0.29) is 17.4 Å². The summed E-state index contributed by atoms with van der Waals surface area (Å²) in [4.78, 5) is 22.2. The van der Waals surface area contributed by atoms with Crippen LogP contribution in [0, 0.1) is 6.92 Å². The average molecular weight is 657 g/mol. The number of benzene rings is 1. The standard InChI is InChI=1S/C37H60N4O4S/c1-3-4-26-40-27-29-41(30-28-40)36-24-21-34(32-39-36)37(42)38-25-17-15-13-11-9-7-5-6-8-10-12-14-16-18-31-45-46(43,44)35-22-19-33(2)20-23-35/h19-24,32H,3-18,25-31H2,1-2H3,(H,38,42). The van der Waals surface area contributed by atoms with Crippen molar-refractivity contribution in [3.8, 4) is 0 Å². The molecule has 3 rings (SSSR count). The Kier molecular flexibility index (Phi) is 18.3. The van der Waals surface area contributed by atoms with E-state index in [1.807, 2.05) is 19.1 Å². The average Bonchev–Trinajstić information content (AvgIpc) is 3.07. The summed E-state index contributed by atoms with van der Waals surface area (Å²) in [6.45, 7) is 10.5. The molecule has 0 unspecified atom stereocenters. The SMILES string of the molecule is CCCCN1CCN(c2ccc(C(=O)NCCCCCCCCCCCCCCCCOS(=O)(=O)c3ccc(C)cc3)cn2)CC1. The molecule has 2 aromatic rings. The van der Waals surface area contributed by atoms with Crippen molar-refractivity contribution < 1.29 is 17.4 Å². The number of hydrogen-bond donors (Lipinski definition) is 1. The van der Waals surface area contributed by atoms with Crippen molar-refractivity contribution in [2.24, 2.45) is 0 Å². The second-order valence-corrected chi connectivity index (χ2v) is 14.5. The largest absolute Gasteiger partial charge is 0.354 e. The molecule has 1 fully saturated rings. The highest BCUT2D eigenvalue weighted by atomic mass is 32.2. The Labute approximate surface area is 279 Å². The third-order valence-electron chi connectivity index (χ3n) is 8.94. The maximum atomic E-state index is 12.5. The normalized spacial score (nSPS) is 14.1. The number of rotatable bonds is 24. The highest BCUT2D eigenvalue weighted by Crippen LogP contribution is 2.17. The number of carbonyl (C=O) groups is 1. The van der Waals surface area contributed by atoms with Gasteiger partial charge in [0.25, 0.3) is 16.0 Å². The molecule has 8 nitrogen and oxygen atoms in total. The van der Waals surface area contributed by atoms with E-state index in [1.165, 1.54) is 77.2 Å². The topological polar surface area (TPSA) is 91.8 Å². The van der Waals surface area contributed by atoms with Gasteiger partial charge in [0.15, 0.2) is 0 Å². The van der Waals surface area contributed by atoms with Gasteiger partial charge in [0.1, 0.15) is 5.82 Å². The van der Waals surface area contributed by atoms with E-state index >= 15 is 0 Å². The van der Waals surface area contributed by atoms with Crippen LogP contribution in [0.5, 0.6) is 0 Å². The first-order valence-corrected chi connectivity index (χ1v) is 19.5. The number of pyridine rings is 1. The summed E-state index contributed by atoms with van der Waals surface area (Å²) in [6, 6.07) is 10.7. The summed E-state index contributed by atoms with van der Waals surface area (Å²) >= 11 is 0. The number of hydrogen-bond acceptors (Lipinski definition) is 7. The molecule has 2 heterocycles. The first kappa shape index (κ1) is 38.0. The highest BCUT2D eigenvalue weighted by Gasteiger charge is 2.18. The first-order valence-electron chi connectivity index (χ1n) is 18.1. The molecule has 0 radical (unpaired) electrons. The third-order valence-corrected chi connectivity index (χ3v) is 10.3. The van der Waals surface area contributed by atoms with E-state index in [2.05, 4.69) is 27.0 Å². The number of nitrogens with one attached hydrogen (secondary N) is 1. The van der Waals surface area contributed by atoms with Crippen LogP contribution in [0.1, 0.15) is 126 Å². The van der Waals surface area contributed by atoms with Crippen LogP contribution in [0.3, 0.4) is 0 Å². The van der Waals surface area contributed by atoms with Crippen molar-refractivity contribution in [1.82, 2.24) is 15.2 Å². The number of carbonyl (C=O) groups excluding carboxylic acids is 1. The van der Waals surface area contributed by atoms with Gasteiger partial charge in [-0.1, -0.05) is 108 Å². The van der Waals surface area contributed by atoms with Crippen LogP contribution in [0.2, 0.25) is 0 Å². The lowest BCUT2D eigenvalue weighted by Crippen LogP contribution is -2.46. The molecule has 0 spiro atoms. The van der Waals surface area contributed by atoms with Crippen LogP contribution in [0.25, 0.3) is 0 Å². The van der Waals surface area contributed by atoms with Gasteiger partial charge in [-0.2, -0.15) is 8.42 Å². The van der Waals surface area contributed by atoms with Crippen LogP contribution >= 0.6 is 0 Å². The van der Waals surface area contributed by atoms with Gasteiger partial charge in [-0.15, -0.1) is 0 Å². The van der Waals surface area contributed by atoms with E-state index in [1.54, 1.807) is 30.5 Å². The second kappa shape index (κ2) is 22.1. The zero-order chi connectivity index (χ0) is 32.9. The molecular formula is C37H60N4O4S. The molecule has 1 aliphatic heterocycles. The van der Waals surface area contributed by atoms with Gasteiger partial charge in [-0.25, -0.2) is 4.98 Å². The molecule has 9 heteroatoms. The highest BCUT2D eigenvalue weighted by molar-refractivity contribution is 7.86. The molecule has 0 atom stereocenters. The number of nitrogens with zero attached hydrogens (tertiary/aromatic N) is 3. The van der Waals surface area contributed by atoms with Gasteiger partial charge in [-0.3, -0.25) is 13.9 Å². The van der Waals surface area contributed by atoms with Crippen molar-refractivity contribution in [1.29, 1.82) is 0 Å². The lowest BCUT2D eigenvalue weighted by molar-refractivity contribution is 0.0952. The number of anilines is 1. The maximum Gasteiger partial charge on any atom is 0.296 e.